The molecule has 2 heteroatoms. The highest BCUT2D eigenvalue weighted by Crippen LogP contribution is 2.27. The number of benzene rings is 2. The van der Waals surface area contributed by atoms with Crippen LogP contribution >= 0.6 is 15.9 Å². The second-order valence-corrected chi connectivity index (χ2v) is 6.74. The average Bonchev–Trinajstić information content (AvgIpc) is 2.38. The van der Waals surface area contributed by atoms with Crippen molar-refractivity contribution in [1.29, 1.82) is 0 Å². The summed E-state index contributed by atoms with van der Waals surface area (Å²) in [6, 6.07) is 16.0. The molecule has 0 amide bonds. The fourth-order valence-corrected chi connectivity index (χ4v) is 2.27. The van der Waals surface area contributed by atoms with Crippen LogP contribution in [0, 0.1) is 0 Å². The maximum Gasteiger partial charge on any atom is 0.104 e. The van der Waals surface area contributed by atoms with Crippen molar-refractivity contribution >= 4 is 15.9 Å². The van der Waals surface area contributed by atoms with Gasteiger partial charge in [0.15, 0.2) is 0 Å². The Bertz CT molecular complexity index is 535. The van der Waals surface area contributed by atoms with E-state index in [0.717, 1.165) is 15.6 Å². The average molecular weight is 319 g/mol. The van der Waals surface area contributed by atoms with Gasteiger partial charge in [0.25, 0.3) is 0 Å². The number of aliphatic hydroxyl groups excluding tert-OH is 1. The minimum atomic E-state index is -0.567. The quantitative estimate of drug-likeness (QED) is 0.841. The second-order valence-electron chi connectivity index (χ2n) is 5.83. The van der Waals surface area contributed by atoms with Crippen LogP contribution in [0.4, 0.5) is 0 Å². The van der Waals surface area contributed by atoms with Crippen LogP contribution in [0.25, 0.3) is 0 Å². The van der Waals surface area contributed by atoms with Crippen LogP contribution in [0.15, 0.2) is 53.0 Å². The molecule has 100 valence electrons. The Morgan fingerprint density at radius 1 is 0.842 bits per heavy atom. The molecule has 0 aliphatic heterocycles. The smallest absolute Gasteiger partial charge is 0.104 e. The zero-order chi connectivity index (χ0) is 14.0. The zero-order valence-corrected chi connectivity index (χ0v) is 13.1. The zero-order valence-electron chi connectivity index (χ0n) is 11.5. The number of rotatable bonds is 2. The first-order valence-corrected chi connectivity index (χ1v) is 7.21. The number of hydrogen-bond donors (Lipinski definition) is 1. The van der Waals surface area contributed by atoms with Gasteiger partial charge in [0.2, 0.25) is 0 Å². The lowest BCUT2D eigenvalue weighted by Crippen LogP contribution is -2.11. The molecule has 0 aliphatic rings. The van der Waals surface area contributed by atoms with Gasteiger partial charge < -0.3 is 5.11 Å². The third-order valence-corrected chi connectivity index (χ3v) is 3.81. The van der Waals surface area contributed by atoms with Crippen molar-refractivity contribution in [2.75, 3.05) is 0 Å². The molecule has 0 aromatic heterocycles. The summed E-state index contributed by atoms with van der Waals surface area (Å²) in [5.41, 5.74) is 3.25. The van der Waals surface area contributed by atoms with Gasteiger partial charge in [0.1, 0.15) is 6.10 Å². The molecule has 1 nitrogen and oxygen atoms in total. The van der Waals surface area contributed by atoms with Crippen molar-refractivity contribution in [1.82, 2.24) is 0 Å². The number of hydrogen-bond acceptors (Lipinski definition) is 1. The Balaban J connectivity index is 2.25. The lowest BCUT2D eigenvalue weighted by Gasteiger charge is -2.20. The van der Waals surface area contributed by atoms with E-state index in [9.17, 15) is 5.11 Å². The van der Waals surface area contributed by atoms with Gasteiger partial charge in [-0.25, -0.2) is 0 Å². The summed E-state index contributed by atoms with van der Waals surface area (Å²) in [6.07, 6.45) is -0.567. The summed E-state index contributed by atoms with van der Waals surface area (Å²) in [4.78, 5) is 0. The van der Waals surface area contributed by atoms with Crippen LogP contribution in [0.1, 0.15) is 43.6 Å². The van der Waals surface area contributed by atoms with Gasteiger partial charge in [-0.05, 0) is 34.2 Å². The van der Waals surface area contributed by atoms with Gasteiger partial charge in [-0.1, -0.05) is 73.1 Å². The topological polar surface area (TPSA) is 20.2 Å². The molecule has 0 spiro atoms. The van der Waals surface area contributed by atoms with Crippen molar-refractivity contribution in [3.05, 3.63) is 69.7 Å². The van der Waals surface area contributed by atoms with Crippen LogP contribution in [0.3, 0.4) is 0 Å². The molecule has 19 heavy (non-hydrogen) atoms. The van der Waals surface area contributed by atoms with Gasteiger partial charge in [0.05, 0.1) is 0 Å². The Morgan fingerprint density at radius 3 is 1.68 bits per heavy atom. The maximum atomic E-state index is 10.4. The molecule has 1 atom stereocenters. The maximum absolute atomic E-state index is 10.4. The van der Waals surface area contributed by atoms with E-state index >= 15 is 0 Å². The first-order chi connectivity index (χ1) is 8.88. The summed E-state index contributed by atoms with van der Waals surface area (Å²) in [5.74, 6) is 0. The van der Waals surface area contributed by atoms with Crippen LogP contribution in [-0.2, 0) is 5.41 Å². The fourth-order valence-electron chi connectivity index (χ4n) is 2.00. The highest BCUT2D eigenvalue weighted by Gasteiger charge is 2.15. The van der Waals surface area contributed by atoms with E-state index in [-0.39, 0.29) is 5.41 Å². The molecule has 0 saturated heterocycles. The third-order valence-electron chi connectivity index (χ3n) is 3.28. The molecule has 1 N–H and O–H groups in total. The Kier molecular flexibility index (Phi) is 4.12. The standard InChI is InChI=1S/C17H19BrO/c1-17(2,3)14-8-4-12(5-9-14)16(19)13-6-10-15(18)11-7-13/h4-11,16,19H,1-3H3/t16-/m1/s1. The predicted molar refractivity (Wildman–Crippen MR) is 83.3 cm³/mol. The first kappa shape index (κ1) is 14.3. The van der Waals surface area contributed by atoms with E-state index in [1.807, 2.05) is 36.4 Å². The van der Waals surface area contributed by atoms with Crippen LogP contribution < -0.4 is 0 Å². The molecule has 0 heterocycles. The molecule has 0 bridgehead atoms. The monoisotopic (exact) mass is 318 g/mol. The molecule has 0 aliphatic carbocycles. The predicted octanol–water partition coefficient (Wildman–Crippen LogP) is 4.83. The van der Waals surface area contributed by atoms with Crippen molar-refractivity contribution < 1.29 is 5.11 Å². The van der Waals surface area contributed by atoms with Crippen LogP contribution in [-0.4, -0.2) is 5.11 Å². The van der Waals surface area contributed by atoms with Crippen molar-refractivity contribution in [2.45, 2.75) is 32.3 Å². The van der Waals surface area contributed by atoms with Gasteiger partial charge in [-0.15, -0.1) is 0 Å². The van der Waals surface area contributed by atoms with E-state index in [1.165, 1.54) is 5.56 Å². The van der Waals surface area contributed by atoms with Crippen molar-refractivity contribution in [3.8, 4) is 0 Å². The molecule has 2 aromatic carbocycles. The minimum Gasteiger partial charge on any atom is -0.384 e. The molecule has 0 saturated carbocycles. The van der Waals surface area contributed by atoms with Crippen LogP contribution in [0.2, 0.25) is 0 Å². The van der Waals surface area contributed by atoms with E-state index in [1.54, 1.807) is 0 Å². The Morgan fingerprint density at radius 2 is 1.26 bits per heavy atom. The SMILES string of the molecule is CC(C)(C)c1ccc([C@@H](O)c2ccc(Br)cc2)cc1. The van der Waals surface area contributed by atoms with Gasteiger partial charge in [-0.2, -0.15) is 0 Å². The first-order valence-electron chi connectivity index (χ1n) is 6.42. The summed E-state index contributed by atoms with van der Waals surface area (Å²) < 4.78 is 1.02. The largest absolute Gasteiger partial charge is 0.384 e. The van der Waals surface area contributed by atoms with Crippen molar-refractivity contribution in [2.24, 2.45) is 0 Å². The normalized spacial score (nSPS) is 13.3. The molecule has 0 radical (unpaired) electrons. The summed E-state index contributed by atoms with van der Waals surface area (Å²) >= 11 is 3.40. The third kappa shape index (κ3) is 3.46. The molecule has 2 rings (SSSR count). The lowest BCUT2D eigenvalue weighted by atomic mass is 9.86. The highest BCUT2D eigenvalue weighted by atomic mass is 79.9. The Hall–Kier alpha value is -1.12. The highest BCUT2D eigenvalue weighted by molar-refractivity contribution is 9.10. The van der Waals surface area contributed by atoms with Gasteiger partial charge in [0, 0.05) is 4.47 Å². The summed E-state index contributed by atoms with van der Waals surface area (Å²) in [6.45, 7) is 6.56. The number of aliphatic hydroxyl groups is 1. The van der Waals surface area contributed by atoms with E-state index in [0.29, 0.717) is 0 Å². The minimum absolute atomic E-state index is 0.140. The molecular weight excluding hydrogens is 300 g/mol. The van der Waals surface area contributed by atoms with Gasteiger partial charge >= 0.3 is 0 Å². The van der Waals surface area contributed by atoms with Gasteiger partial charge in [-0.3, -0.25) is 0 Å². The van der Waals surface area contributed by atoms with E-state index in [2.05, 4.69) is 48.8 Å². The summed E-state index contributed by atoms with van der Waals surface area (Å²) in [7, 11) is 0. The molecule has 0 fully saturated rings. The van der Waals surface area contributed by atoms with E-state index < -0.39 is 6.10 Å². The Labute approximate surface area is 123 Å². The lowest BCUT2D eigenvalue weighted by molar-refractivity contribution is 0.220. The number of halogens is 1. The molecular formula is C17H19BrO. The fraction of sp³-hybridized carbons (Fsp3) is 0.294. The molecule has 2 aromatic rings. The second kappa shape index (κ2) is 5.48. The summed E-state index contributed by atoms with van der Waals surface area (Å²) in [5, 5.41) is 10.4. The van der Waals surface area contributed by atoms with Crippen molar-refractivity contribution in [3.63, 3.8) is 0 Å². The van der Waals surface area contributed by atoms with E-state index in [4.69, 9.17) is 0 Å². The molecule has 0 unspecified atom stereocenters. The van der Waals surface area contributed by atoms with Crippen LogP contribution in [0.5, 0.6) is 0 Å².